The van der Waals surface area contributed by atoms with E-state index in [1.165, 1.54) is 0 Å². The molecule has 0 amide bonds. The van der Waals surface area contributed by atoms with Crippen molar-refractivity contribution in [2.45, 2.75) is 6.92 Å². The minimum atomic E-state index is 0. The Hall–Kier alpha value is -0.596. The van der Waals surface area contributed by atoms with Crippen LogP contribution in [0.5, 0.6) is 0 Å². The topological polar surface area (TPSA) is 52.0 Å². The second-order valence-electron chi connectivity index (χ2n) is 2.03. The summed E-state index contributed by atoms with van der Waals surface area (Å²) in [6.45, 7) is 1.92. The second-order valence-corrected chi connectivity index (χ2v) is 2.03. The molecular weight excluding hydrogens is 163 g/mol. The summed E-state index contributed by atoms with van der Waals surface area (Å²) in [6.07, 6.45) is 0. The Morgan fingerprint density at radius 1 is 1.40 bits per heavy atom. The van der Waals surface area contributed by atoms with E-state index >= 15 is 0 Å². The van der Waals surface area contributed by atoms with Gasteiger partial charge in [0.25, 0.3) is 0 Å². The van der Waals surface area contributed by atoms with Gasteiger partial charge in [-0.2, -0.15) is 12.1 Å². The Morgan fingerprint density at radius 3 is 2.40 bits per heavy atom. The molecule has 1 aromatic rings. The number of rotatable bonds is 0. The van der Waals surface area contributed by atoms with Crippen molar-refractivity contribution in [2.75, 3.05) is 11.5 Å². The number of benzene rings is 1. The van der Waals surface area contributed by atoms with Crippen LogP contribution in [0.3, 0.4) is 0 Å². The van der Waals surface area contributed by atoms with Gasteiger partial charge in [-0.15, -0.1) is 11.6 Å². The van der Waals surface area contributed by atoms with Gasteiger partial charge in [0, 0.05) is 18.6 Å². The molecule has 0 fully saturated rings. The first-order chi connectivity index (χ1) is 4.20. The standard InChI is InChI=1S/C7H9N2.V/c1-5-4-6(8)2-3-7(5)9;/h3-4H,8-9H2,1H3;/q-1;. The molecular formula is C7H9N2V-. The van der Waals surface area contributed by atoms with E-state index in [0.717, 1.165) is 11.3 Å². The molecule has 0 saturated heterocycles. The van der Waals surface area contributed by atoms with E-state index in [4.69, 9.17) is 11.5 Å². The monoisotopic (exact) mass is 172 g/mol. The number of aryl methyl sites for hydroxylation is 1. The predicted molar refractivity (Wildman–Crippen MR) is 38.8 cm³/mol. The zero-order valence-electron chi connectivity index (χ0n) is 5.76. The van der Waals surface area contributed by atoms with Gasteiger partial charge in [0.05, 0.1) is 0 Å². The summed E-state index contributed by atoms with van der Waals surface area (Å²) >= 11 is 0. The van der Waals surface area contributed by atoms with Crippen LogP contribution in [-0.4, -0.2) is 0 Å². The average molecular weight is 172 g/mol. The Morgan fingerprint density at radius 2 is 2.00 bits per heavy atom. The zero-order valence-corrected chi connectivity index (χ0v) is 7.15. The third-order valence-electron chi connectivity index (χ3n) is 1.22. The molecule has 0 atom stereocenters. The maximum Gasteiger partial charge on any atom is 0 e. The molecule has 2 nitrogen and oxygen atoms in total. The molecule has 1 aromatic carbocycles. The molecule has 0 saturated carbocycles. The van der Waals surface area contributed by atoms with Gasteiger partial charge < -0.3 is 11.5 Å². The Bertz CT molecular complexity index is 223. The first kappa shape index (κ1) is 9.40. The van der Waals surface area contributed by atoms with Crippen molar-refractivity contribution in [2.24, 2.45) is 0 Å². The van der Waals surface area contributed by atoms with Crippen molar-refractivity contribution in [3.8, 4) is 0 Å². The largest absolute Gasteiger partial charge is 0.449 e. The van der Waals surface area contributed by atoms with E-state index < -0.39 is 0 Å². The third-order valence-corrected chi connectivity index (χ3v) is 1.22. The van der Waals surface area contributed by atoms with Gasteiger partial charge >= 0.3 is 0 Å². The van der Waals surface area contributed by atoms with E-state index in [9.17, 15) is 0 Å². The summed E-state index contributed by atoms with van der Waals surface area (Å²) < 4.78 is 0. The second kappa shape index (κ2) is 3.54. The smallest absolute Gasteiger partial charge is 0 e. The molecule has 0 aliphatic carbocycles. The van der Waals surface area contributed by atoms with Crippen molar-refractivity contribution >= 4 is 11.4 Å². The van der Waals surface area contributed by atoms with Crippen molar-refractivity contribution in [3.63, 3.8) is 0 Å². The molecule has 1 rings (SSSR count). The molecule has 1 radical (unpaired) electrons. The molecule has 0 spiro atoms. The molecule has 4 N–H and O–H groups in total. The molecule has 0 heterocycles. The zero-order chi connectivity index (χ0) is 6.85. The molecule has 0 bridgehead atoms. The van der Waals surface area contributed by atoms with Crippen molar-refractivity contribution < 1.29 is 18.6 Å². The van der Waals surface area contributed by atoms with Crippen LogP contribution in [-0.2, 0) is 18.6 Å². The molecule has 0 aliphatic rings. The maximum atomic E-state index is 5.50. The minimum absolute atomic E-state index is 0. The summed E-state index contributed by atoms with van der Waals surface area (Å²) in [5.74, 6) is 0. The number of anilines is 2. The van der Waals surface area contributed by atoms with Crippen LogP contribution in [0.2, 0.25) is 0 Å². The van der Waals surface area contributed by atoms with Crippen molar-refractivity contribution in [1.82, 2.24) is 0 Å². The van der Waals surface area contributed by atoms with Gasteiger partial charge in [-0.3, -0.25) is 0 Å². The Balaban J connectivity index is 0.000000810. The van der Waals surface area contributed by atoms with Crippen LogP contribution in [0.25, 0.3) is 0 Å². The van der Waals surface area contributed by atoms with Gasteiger partial charge in [-0.25, -0.2) is 0 Å². The van der Waals surface area contributed by atoms with E-state index in [1.54, 1.807) is 12.1 Å². The fourth-order valence-electron chi connectivity index (χ4n) is 0.633. The van der Waals surface area contributed by atoms with Gasteiger partial charge in [-0.1, -0.05) is 18.3 Å². The van der Waals surface area contributed by atoms with Crippen LogP contribution in [0.1, 0.15) is 5.56 Å². The summed E-state index contributed by atoms with van der Waals surface area (Å²) in [5, 5.41) is 0. The van der Waals surface area contributed by atoms with Gasteiger partial charge in [0.15, 0.2) is 0 Å². The van der Waals surface area contributed by atoms with Crippen LogP contribution < -0.4 is 11.5 Å². The maximum absolute atomic E-state index is 5.50. The van der Waals surface area contributed by atoms with E-state index in [-0.39, 0.29) is 18.6 Å². The van der Waals surface area contributed by atoms with Crippen LogP contribution in [0, 0.1) is 13.0 Å². The van der Waals surface area contributed by atoms with Crippen LogP contribution in [0.15, 0.2) is 12.1 Å². The number of hydrogen-bond acceptors (Lipinski definition) is 2. The first-order valence-electron chi connectivity index (χ1n) is 2.73. The summed E-state index contributed by atoms with van der Waals surface area (Å²) in [5.41, 5.74) is 13.3. The Labute approximate surface area is 72.5 Å². The molecule has 53 valence electrons. The number of nitrogens with two attached hydrogens (primary N) is 2. The van der Waals surface area contributed by atoms with Crippen molar-refractivity contribution in [3.05, 3.63) is 23.8 Å². The van der Waals surface area contributed by atoms with Gasteiger partial charge in [-0.05, 0) is 0 Å². The van der Waals surface area contributed by atoms with Crippen LogP contribution >= 0.6 is 0 Å². The fraction of sp³-hybridized carbons (Fsp3) is 0.143. The molecule has 0 unspecified atom stereocenters. The minimum Gasteiger partial charge on any atom is -0.449 e. The summed E-state index contributed by atoms with van der Waals surface area (Å²) in [6, 6.07) is 6.28. The molecule has 0 aromatic heterocycles. The molecule has 0 aliphatic heterocycles. The Kier molecular flexibility index (Phi) is 3.33. The first-order valence-corrected chi connectivity index (χ1v) is 2.73. The van der Waals surface area contributed by atoms with E-state index in [0.29, 0.717) is 5.69 Å². The SMILES string of the molecule is Cc1cc(N)[c-]cc1N.[V]. The average Bonchev–Trinajstić information content (AvgIpc) is 1.80. The normalized spacial score (nSPS) is 8.50. The predicted octanol–water partition coefficient (Wildman–Crippen LogP) is 0.957. The van der Waals surface area contributed by atoms with Gasteiger partial charge in [0.1, 0.15) is 0 Å². The van der Waals surface area contributed by atoms with E-state index in [1.807, 2.05) is 6.92 Å². The quantitative estimate of drug-likeness (QED) is 0.452. The summed E-state index contributed by atoms with van der Waals surface area (Å²) in [4.78, 5) is 0. The fourth-order valence-corrected chi connectivity index (χ4v) is 0.633. The number of hydrogen-bond donors (Lipinski definition) is 2. The van der Waals surface area contributed by atoms with Gasteiger partial charge in [0.2, 0.25) is 0 Å². The molecule has 3 heteroatoms. The third kappa shape index (κ3) is 1.97. The van der Waals surface area contributed by atoms with Crippen LogP contribution in [0.4, 0.5) is 11.4 Å². The van der Waals surface area contributed by atoms with Crippen molar-refractivity contribution in [1.29, 1.82) is 0 Å². The molecule has 10 heavy (non-hydrogen) atoms. The summed E-state index contributed by atoms with van der Waals surface area (Å²) in [7, 11) is 0. The van der Waals surface area contributed by atoms with E-state index in [2.05, 4.69) is 6.07 Å². The number of nitrogen functional groups attached to an aromatic ring is 2.